The van der Waals surface area contributed by atoms with Crippen LogP contribution in [0, 0.1) is 5.41 Å². The lowest BCUT2D eigenvalue weighted by Gasteiger charge is -2.34. The Labute approximate surface area is 161 Å². The van der Waals surface area contributed by atoms with Crippen LogP contribution in [-0.2, 0) is 4.79 Å². The predicted molar refractivity (Wildman–Crippen MR) is 105 cm³/mol. The minimum absolute atomic E-state index is 0.153. The van der Waals surface area contributed by atoms with Crippen molar-refractivity contribution in [3.8, 4) is 0 Å². The van der Waals surface area contributed by atoms with Crippen LogP contribution in [0.25, 0.3) is 0 Å². The molecule has 3 unspecified atom stereocenters. The molecule has 1 nitrogen and oxygen atoms in total. The molecule has 0 saturated carbocycles. The summed E-state index contributed by atoms with van der Waals surface area (Å²) in [6.45, 7) is 5.84. The molecule has 5 heteroatoms. The Bertz CT molecular complexity index is 312. The van der Waals surface area contributed by atoms with E-state index in [-0.39, 0.29) is 14.3 Å². The van der Waals surface area contributed by atoms with Gasteiger partial charge in [0.15, 0.2) is 0 Å². The van der Waals surface area contributed by atoms with Crippen LogP contribution < -0.4 is 0 Å². The Morgan fingerprint density at radius 3 is 2.09 bits per heavy atom. The molecule has 0 aromatic carbocycles. The highest BCUT2D eigenvalue weighted by molar-refractivity contribution is 9.25. The highest BCUT2D eigenvalue weighted by Gasteiger charge is 2.37. The van der Waals surface area contributed by atoms with Crippen LogP contribution in [0.4, 0.5) is 4.39 Å². The quantitative estimate of drug-likeness (QED) is 0.238. The monoisotopic (exact) mass is 506 g/mol. The summed E-state index contributed by atoms with van der Waals surface area (Å²) in [6, 6.07) is 0. The third kappa shape index (κ3) is 8.77. The molecule has 0 aliphatic heterocycles. The molecule has 3 atom stereocenters. The summed E-state index contributed by atoms with van der Waals surface area (Å²) in [4.78, 5) is 12.6. The number of unbranched alkanes of at least 4 members (excludes halogenated alkanes) is 2. The molecular formula is C17H30Br3FO. The highest BCUT2D eigenvalue weighted by atomic mass is 79.9. The average molecular weight is 509 g/mol. The second-order valence-electron chi connectivity index (χ2n) is 6.27. The first kappa shape index (κ1) is 23.0. The second-order valence-corrected chi connectivity index (χ2v) is 10.7. The minimum atomic E-state index is -0.863. The molecule has 0 bridgehead atoms. The first-order valence-electron chi connectivity index (χ1n) is 8.36. The van der Waals surface area contributed by atoms with Crippen LogP contribution in [0.1, 0.15) is 78.6 Å². The van der Waals surface area contributed by atoms with Crippen molar-refractivity contribution in [1.29, 1.82) is 0 Å². The van der Waals surface area contributed by atoms with Gasteiger partial charge in [-0.1, -0.05) is 87.3 Å². The number of hydrogen-bond acceptors (Lipinski definition) is 1. The van der Waals surface area contributed by atoms with Crippen molar-refractivity contribution >= 4 is 53.6 Å². The number of hydrogen-bond donors (Lipinski definition) is 0. The largest absolute Gasteiger partial charge is 0.299 e. The maximum atomic E-state index is 14.4. The number of carbonyl (C=O) groups excluding carboxylic acids is 1. The van der Waals surface area contributed by atoms with Crippen LogP contribution in [-0.4, -0.2) is 20.5 Å². The molecule has 0 amide bonds. The van der Waals surface area contributed by atoms with Crippen molar-refractivity contribution in [1.82, 2.24) is 0 Å². The Morgan fingerprint density at radius 2 is 1.64 bits per heavy atom. The zero-order chi connectivity index (χ0) is 17.2. The lowest BCUT2D eigenvalue weighted by atomic mass is 9.71. The fraction of sp³-hybridized carbons (Fsp3) is 0.941. The first-order chi connectivity index (χ1) is 10.3. The summed E-state index contributed by atoms with van der Waals surface area (Å²) < 4.78 is 14.5. The molecule has 0 radical (unpaired) electrons. The molecule has 0 fully saturated rings. The van der Waals surface area contributed by atoms with Crippen molar-refractivity contribution < 1.29 is 9.18 Å². The van der Waals surface area contributed by atoms with E-state index in [1.54, 1.807) is 6.92 Å². The molecule has 132 valence electrons. The molecular weight excluding hydrogens is 479 g/mol. The van der Waals surface area contributed by atoms with E-state index in [1.807, 2.05) is 0 Å². The van der Waals surface area contributed by atoms with Crippen LogP contribution >= 0.6 is 47.8 Å². The van der Waals surface area contributed by atoms with E-state index in [2.05, 4.69) is 61.6 Å². The lowest BCUT2D eigenvalue weighted by molar-refractivity contribution is -0.129. The fourth-order valence-corrected chi connectivity index (χ4v) is 3.59. The van der Waals surface area contributed by atoms with Gasteiger partial charge in [0.2, 0.25) is 0 Å². The summed E-state index contributed by atoms with van der Waals surface area (Å²) in [7, 11) is 0. The number of carbonyl (C=O) groups is 1. The molecule has 0 aliphatic rings. The maximum Gasteiger partial charge on any atom is 0.136 e. The fourth-order valence-electron chi connectivity index (χ4n) is 2.83. The summed E-state index contributed by atoms with van der Waals surface area (Å²) in [5.74, 6) is 0.153. The van der Waals surface area contributed by atoms with Gasteiger partial charge in [-0.05, 0) is 39.0 Å². The number of rotatable bonds is 13. The second kappa shape index (κ2) is 12.4. The molecule has 0 aromatic heterocycles. The van der Waals surface area contributed by atoms with Crippen molar-refractivity contribution in [2.45, 2.75) is 93.3 Å². The molecule has 0 spiro atoms. The molecule has 0 saturated heterocycles. The summed E-state index contributed by atoms with van der Waals surface area (Å²) >= 11 is 10.6. The van der Waals surface area contributed by atoms with Crippen LogP contribution in [0.3, 0.4) is 0 Å². The van der Waals surface area contributed by atoms with Gasteiger partial charge in [0, 0.05) is 10.2 Å². The van der Waals surface area contributed by atoms with E-state index in [4.69, 9.17) is 0 Å². The van der Waals surface area contributed by atoms with Crippen molar-refractivity contribution in [2.75, 3.05) is 0 Å². The van der Waals surface area contributed by atoms with E-state index in [9.17, 15) is 9.18 Å². The van der Waals surface area contributed by atoms with Gasteiger partial charge in [-0.25, -0.2) is 4.39 Å². The van der Waals surface area contributed by atoms with Crippen LogP contribution in [0.2, 0.25) is 0 Å². The smallest absolute Gasteiger partial charge is 0.136 e. The van der Waals surface area contributed by atoms with Crippen molar-refractivity contribution in [3.05, 3.63) is 0 Å². The third-order valence-corrected chi connectivity index (χ3v) is 8.09. The first-order valence-corrected chi connectivity index (χ1v) is 11.1. The number of ketones is 1. The van der Waals surface area contributed by atoms with Crippen LogP contribution in [0.15, 0.2) is 0 Å². The molecule has 0 aliphatic carbocycles. The summed E-state index contributed by atoms with van der Waals surface area (Å²) in [5.41, 5.74) is -0.496. The van der Waals surface area contributed by atoms with Gasteiger partial charge in [0.25, 0.3) is 0 Å². The standard InChI is InChI=1S/C17H30Br3FO/c1-4-6-8-14(21)12-17(13(3)22,10-7-5-2)11-9-15(18)16(19)20/h14-16H,4-12H2,1-3H3. The average Bonchev–Trinajstić information content (AvgIpc) is 2.47. The molecule has 0 rings (SSSR count). The van der Waals surface area contributed by atoms with Gasteiger partial charge in [0.05, 0.1) is 3.74 Å². The zero-order valence-corrected chi connectivity index (χ0v) is 18.8. The Kier molecular flexibility index (Phi) is 13.0. The minimum Gasteiger partial charge on any atom is -0.299 e. The highest BCUT2D eigenvalue weighted by Crippen LogP contribution is 2.40. The van der Waals surface area contributed by atoms with E-state index in [0.29, 0.717) is 12.8 Å². The van der Waals surface area contributed by atoms with Gasteiger partial charge < -0.3 is 0 Å². The topological polar surface area (TPSA) is 17.1 Å². The van der Waals surface area contributed by atoms with Gasteiger partial charge in [-0.15, -0.1) is 0 Å². The number of Topliss-reactive ketones (excluding diaryl/α,β-unsaturated/α-hetero) is 1. The van der Waals surface area contributed by atoms with Gasteiger partial charge in [-0.2, -0.15) is 0 Å². The third-order valence-electron chi connectivity index (χ3n) is 4.41. The Hall–Kier alpha value is 1.04. The van der Waals surface area contributed by atoms with Crippen LogP contribution in [0.5, 0.6) is 0 Å². The Morgan fingerprint density at radius 1 is 1.05 bits per heavy atom. The van der Waals surface area contributed by atoms with E-state index in [0.717, 1.165) is 44.9 Å². The molecule has 0 aromatic rings. The van der Waals surface area contributed by atoms with E-state index < -0.39 is 11.6 Å². The maximum absolute atomic E-state index is 14.4. The number of alkyl halides is 4. The normalized spacial score (nSPS) is 17.3. The lowest BCUT2D eigenvalue weighted by Crippen LogP contribution is -2.33. The van der Waals surface area contributed by atoms with E-state index >= 15 is 0 Å². The molecule has 0 heterocycles. The molecule has 0 N–H and O–H groups in total. The van der Waals surface area contributed by atoms with Gasteiger partial charge in [-0.3, -0.25) is 4.79 Å². The van der Waals surface area contributed by atoms with Gasteiger partial charge >= 0.3 is 0 Å². The molecule has 22 heavy (non-hydrogen) atoms. The van der Waals surface area contributed by atoms with E-state index in [1.165, 1.54) is 0 Å². The summed E-state index contributed by atoms with van der Waals surface area (Å²) in [6.07, 6.45) is 6.43. The SMILES string of the molecule is CCCCC(F)CC(CCCC)(CCC(Br)C(Br)Br)C(C)=O. The van der Waals surface area contributed by atoms with Crippen molar-refractivity contribution in [2.24, 2.45) is 5.41 Å². The zero-order valence-electron chi connectivity index (χ0n) is 14.0. The summed E-state index contributed by atoms with van der Waals surface area (Å²) in [5, 5.41) is 0. The van der Waals surface area contributed by atoms with Gasteiger partial charge in [0.1, 0.15) is 12.0 Å². The Balaban J connectivity index is 4.94. The van der Waals surface area contributed by atoms with Crippen molar-refractivity contribution in [3.63, 3.8) is 0 Å². The number of halogens is 4. The predicted octanol–water partition coefficient (Wildman–Crippen LogP) is 7.33.